The molecule has 0 aliphatic carbocycles. The molecule has 0 spiro atoms. The molecule has 2 amide bonds. The van der Waals surface area contributed by atoms with Crippen molar-refractivity contribution in [1.29, 1.82) is 0 Å². The summed E-state index contributed by atoms with van der Waals surface area (Å²) in [6.07, 6.45) is -4.51. The zero-order valence-electron chi connectivity index (χ0n) is 21.5. The second-order valence-corrected chi connectivity index (χ2v) is 9.48. The number of nitrogens with one attached hydrogen (secondary N) is 3. The lowest BCUT2D eigenvalue weighted by Crippen LogP contribution is -2.46. The number of rotatable bonds is 5. The largest absolute Gasteiger partial charge is 0.433 e. The van der Waals surface area contributed by atoms with Crippen molar-refractivity contribution in [2.45, 2.75) is 58.9 Å². The fraction of sp³-hybridized carbons (Fsp3) is 0.400. The number of nitrogens with zero attached hydrogens (tertiary/aromatic N) is 4. The standard InChI is InChI=1S/C25H28F3N7O3/c1-12(2)30-24-31-18-11-34(23(38)19-14(4)20(33-32-19)25(26,27)28)13(3)10-17(18)22(37)35(24)16-8-6-15(7-9-16)21(36)29-5/h6-9,12-13H,10-11H2,1-5H3,(H,29,36)(H,30,31)(H,32,33)/t13-/m1/s1. The molecule has 0 fully saturated rings. The van der Waals surface area contributed by atoms with Crippen LogP contribution in [0, 0.1) is 6.92 Å². The molecule has 4 rings (SSSR count). The van der Waals surface area contributed by atoms with Crippen molar-refractivity contribution in [3.8, 4) is 5.69 Å². The zero-order chi connectivity index (χ0) is 27.9. The molecule has 1 aliphatic heterocycles. The second-order valence-electron chi connectivity index (χ2n) is 9.48. The van der Waals surface area contributed by atoms with Gasteiger partial charge >= 0.3 is 6.18 Å². The van der Waals surface area contributed by atoms with E-state index < -0.39 is 23.8 Å². The number of aromatic amines is 1. The fourth-order valence-corrected chi connectivity index (χ4v) is 4.45. The maximum Gasteiger partial charge on any atom is 0.433 e. The number of aromatic nitrogens is 4. The van der Waals surface area contributed by atoms with Gasteiger partial charge in [0.05, 0.1) is 17.9 Å². The molecule has 1 aromatic carbocycles. The molecule has 3 aromatic rings. The Morgan fingerprint density at radius 1 is 1.18 bits per heavy atom. The van der Waals surface area contributed by atoms with Gasteiger partial charge in [-0.2, -0.15) is 18.3 Å². The maximum absolute atomic E-state index is 13.7. The maximum atomic E-state index is 13.7. The molecule has 0 bridgehead atoms. The van der Waals surface area contributed by atoms with E-state index in [2.05, 4.69) is 20.7 Å². The van der Waals surface area contributed by atoms with Gasteiger partial charge in [-0.3, -0.25) is 19.5 Å². The highest BCUT2D eigenvalue weighted by atomic mass is 19.4. The van der Waals surface area contributed by atoms with Gasteiger partial charge in [-0.15, -0.1) is 0 Å². The lowest BCUT2D eigenvalue weighted by atomic mass is 9.98. The van der Waals surface area contributed by atoms with Crippen molar-refractivity contribution >= 4 is 17.8 Å². The molecule has 3 heterocycles. The lowest BCUT2D eigenvalue weighted by molar-refractivity contribution is -0.141. The van der Waals surface area contributed by atoms with Crippen LogP contribution in [0.15, 0.2) is 29.1 Å². The first-order valence-corrected chi connectivity index (χ1v) is 12.0. The molecule has 3 N–H and O–H groups in total. The molecule has 38 heavy (non-hydrogen) atoms. The molecule has 2 aromatic heterocycles. The molecule has 0 radical (unpaired) electrons. The predicted octanol–water partition coefficient (Wildman–Crippen LogP) is 3.05. The first-order chi connectivity index (χ1) is 17.8. The van der Waals surface area contributed by atoms with Crippen molar-refractivity contribution in [2.24, 2.45) is 0 Å². The number of alkyl halides is 3. The van der Waals surface area contributed by atoms with E-state index in [1.807, 2.05) is 18.9 Å². The summed E-state index contributed by atoms with van der Waals surface area (Å²) in [7, 11) is 1.52. The molecule has 1 aliphatic rings. The number of hydrogen-bond donors (Lipinski definition) is 3. The highest BCUT2D eigenvalue weighted by Crippen LogP contribution is 2.32. The van der Waals surface area contributed by atoms with Crippen LogP contribution in [0.1, 0.15) is 64.1 Å². The first-order valence-electron chi connectivity index (χ1n) is 12.0. The Bertz CT molecular complexity index is 1440. The number of carbonyl (C=O) groups is 2. The highest BCUT2D eigenvalue weighted by Gasteiger charge is 2.39. The smallest absolute Gasteiger partial charge is 0.355 e. The highest BCUT2D eigenvalue weighted by molar-refractivity contribution is 5.94. The van der Waals surface area contributed by atoms with Crippen LogP contribution >= 0.6 is 0 Å². The van der Waals surface area contributed by atoms with Crippen molar-refractivity contribution in [2.75, 3.05) is 12.4 Å². The van der Waals surface area contributed by atoms with Crippen molar-refractivity contribution in [1.82, 2.24) is 30.0 Å². The van der Waals surface area contributed by atoms with Gasteiger partial charge in [0.15, 0.2) is 5.69 Å². The Morgan fingerprint density at radius 3 is 2.39 bits per heavy atom. The summed E-state index contributed by atoms with van der Waals surface area (Å²) in [5.41, 5.74) is -0.326. The minimum Gasteiger partial charge on any atom is -0.355 e. The summed E-state index contributed by atoms with van der Waals surface area (Å²) in [6.45, 7) is 6.60. The number of halogens is 3. The fourth-order valence-electron chi connectivity index (χ4n) is 4.45. The lowest BCUT2D eigenvalue weighted by Gasteiger charge is -2.34. The quantitative estimate of drug-likeness (QED) is 0.465. The summed E-state index contributed by atoms with van der Waals surface area (Å²) in [5.74, 6) is -0.698. The van der Waals surface area contributed by atoms with Crippen LogP contribution in [-0.2, 0) is 19.1 Å². The summed E-state index contributed by atoms with van der Waals surface area (Å²) < 4.78 is 41.1. The average Bonchev–Trinajstić information content (AvgIpc) is 3.25. The van der Waals surface area contributed by atoms with Crippen LogP contribution in [0.5, 0.6) is 0 Å². The number of hydrogen-bond acceptors (Lipinski definition) is 6. The molecule has 0 unspecified atom stereocenters. The zero-order valence-corrected chi connectivity index (χ0v) is 21.5. The van der Waals surface area contributed by atoms with Crippen molar-refractivity contribution in [3.05, 3.63) is 68.4 Å². The Balaban J connectivity index is 1.75. The van der Waals surface area contributed by atoms with Crippen LogP contribution in [0.4, 0.5) is 19.1 Å². The molecule has 0 saturated carbocycles. The van der Waals surface area contributed by atoms with Gasteiger partial charge in [0, 0.05) is 35.8 Å². The predicted molar refractivity (Wildman–Crippen MR) is 133 cm³/mol. The Kier molecular flexibility index (Phi) is 7.04. The number of carbonyl (C=O) groups excluding carboxylic acids is 2. The summed E-state index contributed by atoms with van der Waals surface area (Å²) in [4.78, 5) is 44.9. The van der Waals surface area contributed by atoms with Gasteiger partial charge in [0.25, 0.3) is 17.4 Å². The van der Waals surface area contributed by atoms with Crippen LogP contribution in [0.2, 0.25) is 0 Å². The van der Waals surface area contributed by atoms with E-state index >= 15 is 0 Å². The molecule has 0 saturated heterocycles. The number of H-pyrrole nitrogens is 1. The van der Waals surface area contributed by atoms with Crippen LogP contribution < -0.4 is 16.2 Å². The van der Waals surface area contributed by atoms with E-state index in [1.54, 1.807) is 31.2 Å². The number of benzene rings is 1. The SMILES string of the molecule is CNC(=O)c1ccc(-n2c(NC(C)C)nc3c(c2=O)C[C@@H](C)N(C(=O)c2n[nH]c(C(F)(F)F)c2C)C3)cc1. The first kappa shape index (κ1) is 26.9. The topological polar surface area (TPSA) is 125 Å². The summed E-state index contributed by atoms with van der Waals surface area (Å²) >= 11 is 0. The normalized spacial score (nSPS) is 15.4. The van der Waals surface area contributed by atoms with Gasteiger partial charge in [-0.05, 0) is 58.4 Å². The number of anilines is 1. The minimum absolute atomic E-state index is 0.0680. The number of fused-ring (bicyclic) bond motifs is 1. The van der Waals surface area contributed by atoms with Gasteiger partial charge in [-0.25, -0.2) is 9.55 Å². The van der Waals surface area contributed by atoms with Crippen molar-refractivity contribution < 1.29 is 22.8 Å². The third-order valence-electron chi connectivity index (χ3n) is 6.40. The summed E-state index contributed by atoms with van der Waals surface area (Å²) in [5, 5.41) is 11.3. The third kappa shape index (κ3) is 4.87. The van der Waals surface area contributed by atoms with E-state index in [0.717, 1.165) is 0 Å². The second kappa shape index (κ2) is 9.95. The minimum atomic E-state index is -4.67. The average molecular weight is 532 g/mol. The number of amides is 2. The molecular formula is C25H28F3N7O3. The Hall–Kier alpha value is -4.16. The molecule has 1 atom stereocenters. The van der Waals surface area contributed by atoms with Crippen LogP contribution in [0.3, 0.4) is 0 Å². The van der Waals surface area contributed by atoms with Gasteiger partial charge in [-0.1, -0.05) is 0 Å². The molecule has 10 nitrogen and oxygen atoms in total. The molecule has 202 valence electrons. The monoisotopic (exact) mass is 531 g/mol. The van der Waals surface area contributed by atoms with Gasteiger partial charge in [0.1, 0.15) is 5.69 Å². The van der Waals surface area contributed by atoms with E-state index in [0.29, 0.717) is 22.5 Å². The molecule has 13 heteroatoms. The Morgan fingerprint density at radius 2 is 1.84 bits per heavy atom. The van der Waals surface area contributed by atoms with Gasteiger partial charge in [0.2, 0.25) is 5.95 Å². The van der Waals surface area contributed by atoms with Crippen LogP contribution in [0.25, 0.3) is 5.69 Å². The van der Waals surface area contributed by atoms with E-state index in [9.17, 15) is 27.6 Å². The van der Waals surface area contributed by atoms with E-state index in [-0.39, 0.29) is 47.7 Å². The van der Waals surface area contributed by atoms with Gasteiger partial charge < -0.3 is 15.5 Å². The Labute approximate surface area is 216 Å². The summed E-state index contributed by atoms with van der Waals surface area (Å²) in [6, 6.07) is 5.90. The van der Waals surface area contributed by atoms with Crippen LogP contribution in [-0.4, -0.2) is 55.6 Å². The molecular weight excluding hydrogens is 503 g/mol. The van der Waals surface area contributed by atoms with E-state index in [4.69, 9.17) is 0 Å². The van der Waals surface area contributed by atoms with Crippen molar-refractivity contribution in [3.63, 3.8) is 0 Å². The van der Waals surface area contributed by atoms with E-state index in [1.165, 1.54) is 23.4 Å². The third-order valence-corrected chi connectivity index (χ3v) is 6.40.